The number of nitrogens with one attached hydrogen (secondary N) is 2. The van der Waals surface area contributed by atoms with Gasteiger partial charge >= 0.3 is 0 Å². The average Bonchev–Trinajstić information content (AvgIpc) is 2.72. The third-order valence-corrected chi connectivity index (χ3v) is 7.29. The summed E-state index contributed by atoms with van der Waals surface area (Å²) in [6, 6.07) is 3.55. The van der Waals surface area contributed by atoms with Crippen LogP contribution < -0.4 is 14.8 Å². The van der Waals surface area contributed by atoms with Gasteiger partial charge in [0.1, 0.15) is 12.4 Å². The molecule has 0 saturated carbocycles. The average molecular weight is 471 g/mol. The summed E-state index contributed by atoms with van der Waals surface area (Å²) in [6.45, 7) is 7.62. The molecule has 2 rings (SSSR count). The van der Waals surface area contributed by atoms with E-state index in [2.05, 4.69) is 33.9 Å². The number of nitrogens with zero attached hydrogens (tertiary/aromatic N) is 2. The van der Waals surface area contributed by atoms with Crippen molar-refractivity contribution in [1.82, 2.24) is 19.8 Å². The number of hydrogen-bond acceptors (Lipinski definition) is 7. The van der Waals surface area contributed by atoms with Gasteiger partial charge in [0.15, 0.2) is 0 Å². The Balaban J connectivity index is 1.67. The van der Waals surface area contributed by atoms with Crippen molar-refractivity contribution >= 4 is 15.9 Å². The standard InChI is InChI=1S/C22H38N4O5S/c1-17-14-20(30-5)15-18(2)22(17)32(28,29)23-8-13-31-16-21(27)24-19-6-9-26(10-7-19)12-11-25(3)4/h14-15,19,23H,6-13,16H2,1-5H3,(H,24,27). The number of aryl methyl sites for hydroxylation is 2. The van der Waals surface area contributed by atoms with E-state index in [1.807, 2.05) is 0 Å². The van der Waals surface area contributed by atoms with Crippen molar-refractivity contribution in [3.05, 3.63) is 23.3 Å². The second-order valence-electron chi connectivity index (χ2n) is 8.53. The Morgan fingerprint density at radius 2 is 1.81 bits per heavy atom. The van der Waals surface area contributed by atoms with E-state index in [4.69, 9.17) is 9.47 Å². The molecule has 1 fully saturated rings. The number of rotatable bonds is 12. The van der Waals surface area contributed by atoms with Gasteiger partial charge in [0, 0.05) is 38.8 Å². The third kappa shape index (κ3) is 8.32. The van der Waals surface area contributed by atoms with E-state index in [-0.39, 0.29) is 36.6 Å². The number of amides is 1. The number of carbonyl (C=O) groups is 1. The van der Waals surface area contributed by atoms with Gasteiger partial charge in [0.05, 0.1) is 18.6 Å². The zero-order valence-corrected chi connectivity index (χ0v) is 20.8. The molecular formula is C22H38N4O5S. The Kier molecular flexibility index (Phi) is 10.4. The lowest BCUT2D eigenvalue weighted by atomic mass is 10.1. The number of likely N-dealkylation sites (tertiary alicyclic amines) is 1. The number of likely N-dealkylation sites (N-methyl/N-ethyl adjacent to an activating group) is 1. The van der Waals surface area contributed by atoms with Crippen LogP contribution in [0.4, 0.5) is 0 Å². The third-order valence-electron chi connectivity index (χ3n) is 5.53. The van der Waals surface area contributed by atoms with E-state index in [1.54, 1.807) is 33.1 Å². The van der Waals surface area contributed by atoms with Gasteiger partial charge in [-0.25, -0.2) is 13.1 Å². The first kappa shape index (κ1) is 26.5. The fourth-order valence-corrected chi connectivity index (χ4v) is 5.31. The minimum atomic E-state index is -3.68. The fraction of sp³-hybridized carbons (Fsp3) is 0.682. The van der Waals surface area contributed by atoms with Crippen LogP contribution in [0.1, 0.15) is 24.0 Å². The van der Waals surface area contributed by atoms with E-state index in [9.17, 15) is 13.2 Å². The van der Waals surface area contributed by atoms with Gasteiger partial charge in [-0.1, -0.05) is 0 Å². The van der Waals surface area contributed by atoms with Gasteiger partial charge in [-0.05, 0) is 64.0 Å². The van der Waals surface area contributed by atoms with E-state index < -0.39 is 10.0 Å². The number of sulfonamides is 1. The van der Waals surface area contributed by atoms with E-state index in [1.165, 1.54) is 0 Å². The first-order chi connectivity index (χ1) is 15.1. The van der Waals surface area contributed by atoms with Gasteiger partial charge in [0.2, 0.25) is 15.9 Å². The highest BCUT2D eigenvalue weighted by molar-refractivity contribution is 7.89. The van der Waals surface area contributed by atoms with Crippen molar-refractivity contribution in [3.63, 3.8) is 0 Å². The Morgan fingerprint density at radius 1 is 1.19 bits per heavy atom. The number of methoxy groups -OCH3 is 1. The molecule has 0 radical (unpaired) electrons. The van der Waals surface area contributed by atoms with Gasteiger partial charge in [0.25, 0.3) is 0 Å². The largest absolute Gasteiger partial charge is 0.497 e. The molecule has 1 heterocycles. The molecule has 0 aliphatic carbocycles. The van der Waals surface area contributed by atoms with Crippen molar-refractivity contribution in [2.24, 2.45) is 0 Å². The zero-order valence-electron chi connectivity index (χ0n) is 19.9. The highest BCUT2D eigenvalue weighted by Gasteiger charge is 2.21. The molecule has 1 aromatic rings. The monoisotopic (exact) mass is 470 g/mol. The molecule has 1 aliphatic heterocycles. The highest BCUT2D eigenvalue weighted by Crippen LogP contribution is 2.25. The lowest BCUT2D eigenvalue weighted by Gasteiger charge is -2.32. The summed E-state index contributed by atoms with van der Waals surface area (Å²) in [5.41, 5.74) is 1.23. The first-order valence-corrected chi connectivity index (χ1v) is 12.5. The Morgan fingerprint density at radius 3 is 2.38 bits per heavy atom. The normalized spacial score (nSPS) is 15.8. The number of ether oxygens (including phenoxy) is 2. The summed E-state index contributed by atoms with van der Waals surface area (Å²) in [4.78, 5) is 17.0. The molecule has 1 aliphatic rings. The second kappa shape index (κ2) is 12.5. The number of hydrogen-bond donors (Lipinski definition) is 2. The van der Waals surface area contributed by atoms with Gasteiger partial charge in [-0.2, -0.15) is 0 Å². The molecule has 0 spiro atoms. The van der Waals surface area contributed by atoms with Gasteiger partial charge < -0.3 is 24.6 Å². The minimum absolute atomic E-state index is 0.0802. The maximum absolute atomic E-state index is 12.7. The smallest absolute Gasteiger partial charge is 0.246 e. The zero-order chi connectivity index (χ0) is 23.7. The Bertz CT molecular complexity index is 829. The van der Waals surface area contributed by atoms with Crippen LogP contribution in [0.2, 0.25) is 0 Å². The highest BCUT2D eigenvalue weighted by atomic mass is 32.2. The lowest BCUT2D eigenvalue weighted by molar-refractivity contribution is -0.126. The maximum atomic E-state index is 12.7. The molecule has 1 saturated heterocycles. The van der Waals surface area contributed by atoms with E-state index in [0.29, 0.717) is 16.9 Å². The van der Waals surface area contributed by atoms with Crippen molar-refractivity contribution < 1.29 is 22.7 Å². The van der Waals surface area contributed by atoms with Crippen LogP contribution in [0.25, 0.3) is 0 Å². The molecule has 2 N–H and O–H groups in total. The van der Waals surface area contributed by atoms with Crippen LogP contribution >= 0.6 is 0 Å². The molecule has 1 amide bonds. The molecule has 32 heavy (non-hydrogen) atoms. The Labute approximate surface area is 192 Å². The van der Waals surface area contributed by atoms with Gasteiger partial charge in [-0.3, -0.25) is 4.79 Å². The van der Waals surface area contributed by atoms with Crippen LogP contribution in [0.3, 0.4) is 0 Å². The number of carbonyl (C=O) groups excluding carboxylic acids is 1. The minimum Gasteiger partial charge on any atom is -0.497 e. The molecular weight excluding hydrogens is 432 g/mol. The van der Waals surface area contributed by atoms with Crippen LogP contribution in [0.5, 0.6) is 5.75 Å². The molecule has 10 heteroatoms. The summed E-state index contributed by atoms with van der Waals surface area (Å²) < 4.78 is 38.4. The van der Waals surface area contributed by atoms with Crippen molar-refractivity contribution in [3.8, 4) is 5.75 Å². The van der Waals surface area contributed by atoms with E-state index >= 15 is 0 Å². The SMILES string of the molecule is COc1cc(C)c(S(=O)(=O)NCCOCC(=O)NC2CCN(CCN(C)C)CC2)c(C)c1. The van der Waals surface area contributed by atoms with Gasteiger partial charge in [-0.15, -0.1) is 0 Å². The van der Waals surface area contributed by atoms with Crippen LogP contribution in [-0.2, 0) is 19.6 Å². The van der Waals surface area contributed by atoms with Crippen molar-refractivity contribution in [2.75, 3.05) is 67.1 Å². The lowest BCUT2D eigenvalue weighted by Crippen LogP contribution is -2.46. The molecule has 0 unspecified atom stereocenters. The predicted octanol–water partition coefficient (Wildman–Crippen LogP) is 0.749. The van der Waals surface area contributed by atoms with Crippen molar-refractivity contribution in [2.45, 2.75) is 37.6 Å². The van der Waals surface area contributed by atoms with Crippen LogP contribution in [0, 0.1) is 13.8 Å². The summed E-state index contributed by atoms with van der Waals surface area (Å²) >= 11 is 0. The first-order valence-electron chi connectivity index (χ1n) is 11.0. The maximum Gasteiger partial charge on any atom is 0.246 e. The molecule has 0 bridgehead atoms. The summed E-state index contributed by atoms with van der Waals surface area (Å²) in [6.07, 6.45) is 1.86. The summed E-state index contributed by atoms with van der Waals surface area (Å²) in [5.74, 6) is 0.453. The summed E-state index contributed by atoms with van der Waals surface area (Å²) in [7, 11) is 2.00. The number of benzene rings is 1. The molecule has 182 valence electrons. The molecule has 9 nitrogen and oxygen atoms in total. The quantitative estimate of drug-likeness (QED) is 0.435. The molecule has 1 aromatic carbocycles. The second-order valence-corrected chi connectivity index (χ2v) is 10.2. The predicted molar refractivity (Wildman–Crippen MR) is 125 cm³/mol. The van der Waals surface area contributed by atoms with Crippen LogP contribution in [0.15, 0.2) is 17.0 Å². The molecule has 0 atom stereocenters. The molecule has 0 aromatic heterocycles. The summed E-state index contributed by atoms with van der Waals surface area (Å²) in [5, 5.41) is 3.01. The van der Waals surface area contributed by atoms with E-state index in [0.717, 1.165) is 39.0 Å². The Hall–Kier alpha value is -1.72. The number of piperidine rings is 1. The van der Waals surface area contributed by atoms with Crippen molar-refractivity contribution in [1.29, 1.82) is 0 Å². The fourth-order valence-electron chi connectivity index (χ4n) is 3.85. The topological polar surface area (TPSA) is 100 Å². The van der Waals surface area contributed by atoms with Crippen LogP contribution in [-0.4, -0.2) is 97.3 Å².